The summed E-state index contributed by atoms with van der Waals surface area (Å²) in [6.07, 6.45) is 2.08. The minimum Gasteiger partial charge on any atom is -0.389 e. The quantitative estimate of drug-likeness (QED) is 0.453. The monoisotopic (exact) mass is 113 g/mol. The lowest BCUT2D eigenvalue weighted by Gasteiger charge is -2.48. The molecule has 3 aliphatic rings. The maximum Gasteiger partial charge on any atom is 0.0777 e. The Hall–Kier alpha value is -0.0800. The van der Waals surface area contributed by atoms with Crippen LogP contribution < -0.4 is 5.32 Å². The third-order valence-corrected chi connectivity index (χ3v) is 2.22. The fourth-order valence-electron chi connectivity index (χ4n) is 1.81. The summed E-state index contributed by atoms with van der Waals surface area (Å²) in [6, 6.07) is 0. The second-order valence-electron chi connectivity index (χ2n) is 3.13. The highest BCUT2D eigenvalue weighted by Crippen LogP contribution is 2.39. The van der Waals surface area contributed by atoms with Crippen molar-refractivity contribution >= 4 is 0 Å². The van der Waals surface area contributed by atoms with Crippen molar-refractivity contribution in [1.29, 1.82) is 0 Å². The van der Waals surface area contributed by atoms with Gasteiger partial charge in [0, 0.05) is 6.54 Å². The molecule has 2 heterocycles. The second kappa shape index (κ2) is 1.25. The summed E-state index contributed by atoms with van der Waals surface area (Å²) < 4.78 is 0. The molecule has 1 saturated carbocycles. The van der Waals surface area contributed by atoms with E-state index in [1.807, 2.05) is 0 Å². The van der Waals surface area contributed by atoms with Gasteiger partial charge in [0.25, 0.3) is 0 Å². The Bertz CT molecular complexity index is 102. The number of piperidine rings is 2. The maximum absolute atomic E-state index is 9.38. The fourth-order valence-corrected chi connectivity index (χ4v) is 1.81. The van der Waals surface area contributed by atoms with Crippen LogP contribution in [0.5, 0.6) is 0 Å². The van der Waals surface area contributed by atoms with Crippen molar-refractivity contribution in [3.8, 4) is 0 Å². The first-order valence-electron chi connectivity index (χ1n) is 3.22. The van der Waals surface area contributed by atoms with Crippen molar-refractivity contribution in [2.75, 3.05) is 13.1 Å². The van der Waals surface area contributed by atoms with Crippen LogP contribution in [0.1, 0.15) is 12.8 Å². The summed E-state index contributed by atoms with van der Waals surface area (Å²) in [7, 11) is 0. The van der Waals surface area contributed by atoms with E-state index in [1.165, 1.54) is 0 Å². The Kier molecular flexibility index (Phi) is 0.746. The summed E-state index contributed by atoms with van der Waals surface area (Å²) in [4.78, 5) is 0. The summed E-state index contributed by atoms with van der Waals surface area (Å²) in [5.41, 5.74) is -0.289. The third kappa shape index (κ3) is 0.501. The van der Waals surface area contributed by atoms with Crippen LogP contribution in [0.25, 0.3) is 0 Å². The smallest absolute Gasteiger partial charge is 0.0777 e. The molecular weight excluding hydrogens is 102 g/mol. The fraction of sp³-hybridized carbons (Fsp3) is 1.00. The number of fused-ring (bicyclic) bond motifs is 2. The van der Waals surface area contributed by atoms with E-state index in [0.717, 1.165) is 31.8 Å². The molecule has 0 aromatic carbocycles. The molecule has 0 amide bonds. The van der Waals surface area contributed by atoms with E-state index < -0.39 is 0 Å². The molecule has 3 fully saturated rings. The number of hydrogen-bond donors (Lipinski definition) is 2. The van der Waals surface area contributed by atoms with Gasteiger partial charge in [-0.25, -0.2) is 0 Å². The predicted molar refractivity (Wildman–Crippen MR) is 30.5 cm³/mol. The van der Waals surface area contributed by atoms with Crippen LogP contribution >= 0.6 is 0 Å². The van der Waals surface area contributed by atoms with Gasteiger partial charge < -0.3 is 10.4 Å². The van der Waals surface area contributed by atoms with E-state index in [9.17, 15) is 5.11 Å². The molecule has 2 N–H and O–H groups in total. The predicted octanol–water partition coefficient (Wildman–Crippen LogP) is -0.269. The molecule has 2 nitrogen and oxygen atoms in total. The van der Waals surface area contributed by atoms with Gasteiger partial charge in [0.2, 0.25) is 0 Å². The highest BCUT2D eigenvalue weighted by atomic mass is 16.3. The summed E-state index contributed by atoms with van der Waals surface area (Å²) in [5, 5.41) is 12.6. The Balaban J connectivity index is 2.06. The lowest BCUT2D eigenvalue weighted by Crippen LogP contribution is -2.59. The lowest BCUT2D eigenvalue weighted by atomic mass is 9.68. The molecule has 2 saturated heterocycles. The molecule has 0 spiro atoms. The number of aliphatic hydroxyl groups is 1. The van der Waals surface area contributed by atoms with Crippen molar-refractivity contribution in [3.63, 3.8) is 0 Å². The largest absolute Gasteiger partial charge is 0.389 e. The molecule has 0 atom stereocenters. The SMILES string of the molecule is OC12CNCC(C1)C2. The van der Waals surface area contributed by atoms with Gasteiger partial charge in [0.1, 0.15) is 0 Å². The molecule has 2 aliphatic heterocycles. The van der Waals surface area contributed by atoms with Gasteiger partial charge in [-0.2, -0.15) is 0 Å². The van der Waals surface area contributed by atoms with Crippen molar-refractivity contribution < 1.29 is 5.11 Å². The van der Waals surface area contributed by atoms with Crippen LogP contribution in [0.3, 0.4) is 0 Å². The first-order valence-corrected chi connectivity index (χ1v) is 3.22. The van der Waals surface area contributed by atoms with Gasteiger partial charge >= 0.3 is 0 Å². The molecule has 0 unspecified atom stereocenters. The van der Waals surface area contributed by atoms with E-state index in [4.69, 9.17) is 0 Å². The highest BCUT2D eigenvalue weighted by molar-refractivity contribution is 5.00. The molecule has 2 bridgehead atoms. The number of rotatable bonds is 0. The van der Waals surface area contributed by atoms with Crippen molar-refractivity contribution in [2.45, 2.75) is 18.4 Å². The molecule has 1 aliphatic carbocycles. The zero-order valence-corrected chi connectivity index (χ0v) is 4.85. The normalized spacial score (nSPS) is 52.9. The molecule has 0 aromatic heterocycles. The van der Waals surface area contributed by atoms with Crippen LogP contribution in [0, 0.1) is 5.92 Å². The average Bonchev–Trinajstić information content (AvgIpc) is 1.63. The molecule has 2 heteroatoms. The van der Waals surface area contributed by atoms with E-state index in [1.54, 1.807) is 0 Å². The van der Waals surface area contributed by atoms with Crippen LogP contribution in [0.2, 0.25) is 0 Å². The van der Waals surface area contributed by atoms with Crippen LogP contribution in [0.4, 0.5) is 0 Å². The topological polar surface area (TPSA) is 32.3 Å². The zero-order valence-electron chi connectivity index (χ0n) is 4.85. The highest BCUT2D eigenvalue weighted by Gasteiger charge is 2.45. The summed E-state index contributed by atoms with van der Waals surface area (Å²) in [5.74, 6) is 0.786. The van der Waals surface area contributed by atoms with E-state index in [-0.39, 0.29) is 5.60 Å². The Morgan fingerprint density at radius 1 is 1.50 bits per heavy atom. The van der Waals surface area contributed by atoms with E-state index in [2.05, 4.69) is 5.32 Å². The number of hydrogen-bond acceptors (Lipinski definition) is 2. The van der Waals surface area contributed by atoms with Gasteiger partial charge in [-0.1, -0.05) is 0 Å². The van der Waals surface area contributed by atoms with Gasteiger partial charge in [-0.15, -0.1) is 0 Å². The van der Waals surface area contributed by atoms with Gasteiger partial charge in [-0.05, 0) is 25.3 Å². The van der Waals surface area contributed by atoms with Crippen LogP contribution in [-0.2, 0) is 0 Å². The first-order chi connectivity index (χ1) is 3.79. The number of nitrogens with one attached hydrogen (secondary N) is 1. The first kappa shape index (κ1) is 4.77. The van der Waals surface area contributed by atoms with E-state index >= 15 is 0 Å². The minimum atomic E-state index is -0.289. The Morgan fingerprint density at radius 3 is 2.50 bits per heavy atom. The molecule has 8 heavy (non-hydrogen) atoms. The van der Waals surface area contributed by atoms with Gasteiger partial charge in [0.05, 0.1) is 5.60 Å². The van der Waals surface area contributed by atoms with Crippen molar-refractivity contribution in [2.24, 2.45) is 5.92 Å². The lowest BCUT2D eigenvalue weighted by molar-refractivity contribution is -0.0946. The van der Waals surface area contributed by atoms with Crippen LogP contribution in [-0.4, -0.2) is 23.8 Å². The van der Waals surface area contributed by atoms with E-state index in [0.29, 0.717) is 0 Å². The molecular formula is C6H11NO. The van der Waals surface area contributed by atoms with Crippen LogP contribution in [0.15, 0.2) is 0 Å². The maximum atomic E-state index is 9.38. The minimum absolute atomic E-state index is 0.289. The Morgan fingerprint density at radius 2 is 2.25 bits per heavy atom. The Labute approximate surface area is 48.9 Å². The molecule has 0 aromatic rings. The summed E-state index contributed by atoms with van der Waals surface area (Å²) >= 11 is 0. The zero-order chi connectivity index (χ0) is 5.61. The van der Waals surface area contributed by atoms with Crippen molar-refractivity contribution in [3.05, 3.63) is 0 Å². The standard InChI is InChI=1S/C6H11NO/c8-6-1-5(2-6)3-7-4-6/h5,7-8H,1-4H2. The van der Waals surface area contributed by atoms with Crippen molar-refractivity contribution in [1.82, 2.24) is 5.32 Å². The molecule has 0 radical (unpaired) electrons. The molecule has 3 rings (SSSR count). The van der Waals surface area contributed by atoms with Gasteiger partial charge in [0.15, 0.2) is 0 Å². The second-order valence-corrected chi connectivity index (χ2v) is 3.13. The molecule has 46 valence electrons. The third-order valence-electron chi connectivity index (χ3n) is 2.22. The van der Waals surface area contributed by atoms with Gasteiger partial charge in [-0.3, -0.25) is 0 Å². The average molecular weight is 113 g/mol. The summed E-state index contributed by atoms with van der Waals surface area (Å²) in [6.45, 7) is 1.95.